The lowest BCUT2D eigenvalue weighted by Gasteiger charge is -2.33. The van der Waals surface area contributed by atoms with Crippen molar-refractivity contribution in [2.75, 3.05) is 23.7 Å². The minimum absolute atomic E-state index is 0.00828. The van der Waals surface area contributed by atoms with E-state index in [9.17, 15) is 31.2 Å². The van der Waals surface area contributed by atoms with Crippen LogP contribution in [-0.2, 0) is 32.3 Å². The van der Waals surface area contributed by atoms with E-state index >= 15 is 0 Å². The maximum Gasteiger partial charge on any atom is 0.416 e. The Morgan fingerprint density at radius 1 is 1.08 bits per heavy atom. The molecule has 0 bridgehead atoms. The number of nitrogens with one attached hydrogen (secondary N) is 1. The van der Waals surface area contributed by atoms with E-state index in [2.05, 4.69) is 5.32 Å². The third kappa shape index (κ3) is 7.86. The van der Waals surface area contributed by atoms with Crippen LogP contribution in [0.25, 0.3) is 0 Å². The van der Waals surface area contributed by atoms with Crippen LogP contribution in [0.2, 0.25) is 5.02 Å². The number of nitrogens with zero attached hydrogens (tertiary/aromatic N) is 2. The molecule has 0 aromatic heterocycles. The second-order valence-corrected chi connectivity index (χ2v) is 10.5. The molecule has 1 atom stereocenters. The predicted octanol–water partition coefficient (Wildman–Crippen LogP) is 4.46. The first-order valence-corrected chi connectivity index (χ1v) is 13.5. The number of benzene rings is 2. The molecule has 0 unspecified atom stereocenters. The van der Waals surface area contributed by atoms with Gasteiger partial charge in [0.15, 0.2) is 0 Å². The SMILES string of the molecule is CCCNC(=O)[C@H](CC)N(Cc1ccccc1)C(=O)CN(c1cc(C(F)(F)F)ccc1Cl)S(C)(=O)=O. The Labute approximate surface area is 214 Å². The number of alkyl halides is 3. The zero-order valence-electron chi connectivity index (χ0n) is 20.2. The van der Waals surface area contributed by atoms with Gasteiger partial charge in [0.2, 0.25) is 21.8 Å². The third-order valence-corrected chi connectivity index (χ3v) is 6.80. The Morgan fingerprint density at radius 3 is 2.25 bits per heavy atom. The Morgan fingerprint density at radius 2 is 1.72 bits per heavy atom. The van der Waals surface area contributed by atoms with Crippen molar-refractivity contribution in [1.82, 2.24) is 10.2 Å². The van der Waals surface area contributed by atoms with Gasteiger partial charge in [0.25, 0.3) is 0 Å². The van der Waals surface area contributed by atoms with Gasteiger partial charge in [-0.05, 0) is 36.6 Å². The van der Waals surface area contributed by atoms with Crippen LogP contribution in [0.5, 0.6) is 0 Å². The van der Waals surface area contributed by atoms with Crippen LogP contribution in [0, 0.1) is 0 Å². The molecule has 198 valence electrons. The summed E-state index contributed by atoms with van der Waals surface area (Å²) < 4.78 is 65.7. The maximum absolute atomic E-state index is 13.5. The fourth-order valence-corrected chi connectivity index (χ4v) is 4.66. The van der Waals surface area contributed by atoms with E-state index in [1.54, 1.807) is 37.3 Å². The van der Waals surface area contributed by atoms with Crippen molar-refractivity contribution in [2.24, 2.45) is 0 Å². The van der Waals surface area contributed by atoms with Gasteiger partial charge in [0.1, 0.15) is 12.6 Å². The molecule has 0 saturated carbocycles. The van der Waals surface area contributed by atoms with E-state index in [-0.39, 0.29) is 18.0 Å². The zero-order chi connectivity index (χ0) is 27.1. The molecule has 0 aliphatic rings. The van der Waals surface area contributed by atoms with E-state index in [1.165, 1.54) is 4.90 Å². The van der Waals surface area contributed by atoms with Gasteiger partial charge in [-0.1, -0.05) is 55.8 Å². The van der Waals surface area contributed by atoms with Crippen molar-refractivity contribution in [1.29, 1.82) is 0 Å². The van der Waals surface area contributed by atoms with Crippen LogP contribution in [0.3, 0.4) is 0 Å². The molecule has 0 fully saturated rings. The summed E-state index contributed by atoms with van der Waals surface area (Å²) in [5.41, 5.74) is -0.907. The van der Waals surface area contributed by atoms with E-state index < -0.39 is 51.9 Å². The van der Waals surface area contributed by atoms with Gasteiger partial charge in [-0.25, -0.2) is 8.42 Å². The smallest absolute Gasteiger partial charge is 0.354 e. The number of amides is 2. The van der Waals surface area contributed by atoms with Crippen molar-refractivity contribution >= 4 is 39.1 Å². The lowest BCUT2D eigenvalue weighted by atomic mass is 10.1. The second-order valence-electron chi connectivity index (χ2n) is 8.16. The largest absolute Gasteiger partial charge is 0.416 e. The van der Waals surface area contributed by atoms with Crippen molar-refractivity contribution < 1.29 is 31.2 Å². The number of anilines is 1. The summed E-state index contributed by atoms with van der Waals surface area (Å²) >= 11 is 6.07. The van der Waals surface area contributed by atoms with Crippen LogP contribution < -0.4 is 9.62 Å². The number of carbonyl (C=O) groups is 2. The molecular formula is C24H29ClF3N3O4S. The average Bonchev–Trinajstić information content (AvgIpc) is 2.80. The van der Waals surface area contributed by atoms with Gasteiger partial charge in [0.05, 0.1) is 22.5 Å². The molecule has 0 heterocycles. The molecule has 0 aliphatic heterocycles. The summed E-state index contributed by atoms with van der Waals surface area (Å²) in [6, 6.07) is 10.1. The summed E-state index contributed by atoms with van der Waals surface area (Å²) in [5.74, 6) is -1.18. The lowest BCUT2D eigenvalue weighted by Crippen LogP contribution is -2.52. The van der Waals surface area contributed by atoms with Gasteiger partial charge >= 0.3 is 6.18 Å². The van der Waals surface area contributed by atoms with E-state index in [0.717, 1.165) is 18.4 Å². The first kappa shape index (κ1) is 29.4. The predicted molar refractivity (Wildman–Crippen MR) is 133 cm³/mol. The van der Waals surface area contributed by atoms with Crippen LogP contribution >= 0.6 is 11.6 Å². The van der Waals surface area contributed by atoms with Gasteiger partial charge < -0.3 is 10.2 Å². The molecule has 7 nitrogen and oxygen atoms in total. The highest BCUT2D eigenvalue weighted by Crippen LogP contribution is 2.36. The van der Waals surface area contributed by atoms with Crippen molar-refractivity contribution in [3.63, 3.8) is 0 Å². The molecule has 0 saturated heterocycles. The van der Waals surface area contributed by atoms with Gasteiger partial charge in [-0.15, -0.1) is 0 Å². The third-order valence-electron chi connectivity index (χ3n) is 5.35. The molecule has 2 aromatic rings. The maximum atomic E-state index is 13.5. The quantitative estimate of drug-likeness (QED) is 0.450. The monoisotopic (exact) mass is 547 g/mol. The molecule has 12 heteroatoms. The van der Waals surface area contributed by atoms with Gasteiger partial charge in [-0.3, -0.25) is 13.9 Å². The Balaban J connectivity index is 2.51. The minimum Gasteiger partial charge on any atom is -0.354 e. The molecule has 1 N–H and O–H groups in total. The number of rotatable bonds is 11. The molecule has 0 radical (unpaired) electrons. The van der Waals surface area contributed by atoms with Gasteiger partial charge in [0, 0.05) is 13.1 Å². The molecule has 2 amide bonds. The van der Waals surface area contributed by atoms with Crippen molar-refractivity contribution in [3.8, 4) is 0 Å². The molecule has 0 aliphatic carbocycles. The summed E-state index contributed by atoms with van der Waals surface area (Å²) in [4.78, 5) is 27.6. The Bertz CT molecular complexity index is 1160. The van der Waals surface area contributed by atoms with E-state index in [1.807, 2.05) is 6.92 Å². The molecule has 0 spiro atoms. The highest BCUT2D eigenvalue weighted by Gasteiger charge is 2.35. The topological polar surface area (TPSA) is 86.8 Å². The first-order chi connectivity index (χ1) is 16.8. The van der Waals surface area contributed by atoms with Gasteiger partial charge in [-0.2, -0.15) is 13.2 Å². The van der Waals surface area contributed by atoms with Crippen LogP contribution in [0.4, 0.5) is 18.9 Å². The molecule has 36 heavy (non-hydrogen) atoms. The van der Waals surface area contributed by atoms with E-state index in [4.69, 9.17) is 11.6 Å². The molecule has 2 aromatic carbocycles. The molecule has 2 rings (SSSR count). The minimum atomic E-state index is -4.75. The fraction of sp³-hybridized carbons (Fsp3) is 0.417. The standard InChI is InChI=1S/C24H29ClF3N3O4S/c1-4-13-29-23(33)20(5-2)30(15-17-9-7-6-8-10-17)22(32)16-31(36(3,34)35)21-14-18(24(26,27)28)11-12-19(21)25/h6-12,14,20H,4-5,13,15-16H2,1-3H3,(H,29,33)/t20-/m0/s1. The normalized spacial score (nSPS) is 12.6. The van der Waals surface area contributed by atoms with Crippen molar-refractivity contribution in [2.45, 2.75) is 45.5 Å². The second kappa shape index (κ2) is 12.4. The van der Waals surface area contributed by atoms with E-state index in [0.29, 0.717) is 28.9 Å². The number of hydrogen-bond donors (Lipinski definition) is 1. The highest BCUT2D eigenvalue weighted by molar-refractivity contribution is 7.92. The summed E-state index contributed by atoms with van der Waals surface area (Å²) in [5, 5.41) is 2.47. The summed E-state index contributed by atoms with van der Waals surface area (Å²) in [6.45, 7) is 3.12. The van der Waals surface area contributed by atoms with Crippen LogP contribution in [-0.4, -0.2) is 50.5 Å². The Hall–Kier alpha value is -2.79. The number of halogens is 4. The average molecular weight is 548 g/mol. The summed E-state index contributed by atoms with van der Waals surface area (Å²) in [7, 11) is -4.24. The Kier molecular flexibility index (Phi) is 10.2. The summed E-state index contributed by atoms with van der Waals surface area (Å²) in [6.07, 6.45) is -3.08. The number of hydrogen-bond acceptors (Lipinski definition) is 4. The van der Waals surface area contributed by atoms with Crippen LogP contribution in [0.15, 0.2) is 48.5 Å². The van der Waals surface area contributed by atoms with Crippen molar-refractivity contribution in [3.05, 3.63) is 64.7 Å². The molecular weight excluding hydrogens is 519 g/mol. The highest BCUT2D eigenvalue weighted by atomic mass is 35.5. The number of sulfonamides is 1. The zero-order valence-corrected chi connectivity index (χ0v) is 21.8. The fourth-order valence-electron chi connectivity index (χ4n) is 3.54. The first-order valence-electron chi connectivity index (χ1n) is 11.2. The van der Waals surface area contributed by atoms with Crippen LogP contribution in [0.1, 0.15) is 37.8 Å². The lowest BCUT2D eigenvalue weighted by molar-refractivity contribution is -0.140. The number of carbonyl (C=O) groups excluding carboxylic acids is 2.